The van der Waals surface area contributed by atoms with Crippen LogP contribution in [-0.4, -0.2) is 44.3 Å². The predicted molar refractivity (Wildman–Crippen MR) is 186 cm³/mol. The monoisotopic (exact) mass is 699 g/mol. The molecule has 0 fully saturated rings. The van der Waals surface area contributed by atoms with Crippen LogP contribution in [0.5, 0.6) is 0 Å². The Kier molecular flexibility index (Phi) is 12.1. The highest BCUT2D eigenvalue weighted by Crippen LogP contribution is 2.30. The van der Waals surface area contributed by atoms with E-state index < -0.39 is 28.5 Å². The Morgan fingerprint density at radius 2 is 1.43 bits per heavy atom. The smallest absolute Gasteiger partial charge is 0.264 e. The van der Waals surface area contributed by atoms with Crippen LogP contribution < -0.4 is 9.62 Å². The van der Waals surface area contributed by atoms with Crippen molar-refractivity contribution in [1.82, 2.24) is 10.2 Å². The standard InChI is InChI=1S/C35H36Cl3N3O4S/c1-24(2)21-39-35(43)33(19-26-10-6-4-7-11-26)40(22-27-14-15-29(37)20-31(27)38)34(42)23-41(32-17-16-28(36)18-25(32)3)46(44,45)30-12-8-5-9-13-30/h4-18,20,24,33H,19,21-23H2,1-3H3,(H,39,43)/t33-/m0/s1. The Morgan fingerprint density at radius 1 is 0.826 bits per heavy atom. The van der Waals surface area contributed by atoms with Gasteiger partial charge in [-0.2, -0.15) is 0 Å². The SMILES string of the molecule is Cc1cc(Cl)ccc1N(CC(=O)N(Cc1ccc(Cl)cc1Cl)[C@@H](Cc1ccccc1)C(=O)NCC(C)C)S(=O)(=O)c1ccccc1. The highest BCUT2D eigenvalue weighted by molar-refractivity contribution is 7.92. The van der Waals surface area contributed by atoms with Gasteiger partial charge in [-0.3, -0.25) is 13.9 Å². The third kappa shape index (κ3) is 9.04. The molecule has 0 bridgehead atoms. The van der Waals surface area contributed by atoms with Gasteiger partial charge >= 0.3 is 0 Å². The van der Waals surface area contributed by atoms with Gasteiger partial charge in [-0.05, 0) is 72.0 Å². The van der Waals surface area contributed by atoms with Crippen molar-refractivity contribution >= 4 is 62.3 Å². The molecule has 0 aliphatic heterocycles. The molecule has 0 radical (unpaired) electrons. The zero-order valence-corrected chi connectivity index (χ0v) is 28.9. The molecule has 4 aromatic carbocycles. The van der Waals surface area contributed by atoms with Gasteiger partial charge in [-0.15, -0.1) is 0 Å². The van der Waals surface area contributed by atoms with Crippen molar-refractivity contribution in [3.05, 3.63) is 129 Å². The van der Waals surface area contributed by atoms with E-state index in [0.29, 0.717) is 32.7 Å². The third-order valence-electron chi connectivity index (χ3n) is 7.35. The van der Waals surface area contributed by atoms with Gasteiger partial charge in [0.2, 0.25) is 11.8 Å². The number of benzene rings is 4. The van der Waals surface area contributed by atoms with Gasteiger partial charge in [0.05, 0.1) is 10.6 Å². The van der Waals surface area contributed by atoms with E-state index in [2.05, 4.69) is 5.32 Å². The molecule has 4 aromatic rings. The minimum Gasteiger partial charge on any atom is -0.354 e. The molecule has 0 aliphatic carbocycles. The van der Waals surface area contributed by atoms with E-state index in [1.807, 2.05) is 44.2 Å². The van der Waals surface area contributed by atoms with Crippen LogP contribution in [0.1, 0.15) is 30.5 Å². The van der Waals surface area contributed by atoms with Crippen LogP contribution in [0.25, 0.3) is 0 Å². The number of aryl methyl sites for hydroxylation is 1. The number of nitrogens with one attached hydrogen (secondary N) is 1. The number of halogens is 3. The second-order valence-electron chi connectivity index (χ2n) is 11.4. The average Bonchev–Trinajstić information content (AvgIpc) is 3.02. The Bertz CT molecular complexity index is 1770. The van der Waals surface area contributed by atoms with E-state index in [9.17, 15) is 18.0 Å². The van der Waals surface area contributed by atoms with Gasteiger partial charge in [0, 0.05) is 34.6 Å². The number of hydrogen-bond acceptors (Lipinski definition) is 4. The van der Waals surface area contributed by atoms with Crippen LogP contribution >= 0.6 is 34.8 Å². The largest absolute Gasteiger partial charge is 0.354 e. The number of rotatable bonds is 13. The quantitative estimate of drug-likeness (QED) is 0.156. The molecular weight excluding hydrogens is 665 g/mol. The normalized spacial score (nSPS) is 12.1. The lowest BCUT2D eigenvalue weighted by atomic mass is 10.0. The fraction of sp³-hybridized carbons (Fsp3) is 0.257. The molecule has 46 heavy (non-hydrogen) atoms. The molecule has 0 unspecified atom stereocenters. The highest BCUT2D eigenvalue weighted by atomic mass is 35.5. The molecule has 0 heterocycles. The molecule has 242 valence electrons. The van der Waals surface area contributed by atoms with E-state index in [1.165, 1.54) is 17.0 Å². The number of sulfonamides is 1. The number of nitrogens with zero attached hydrogens (tertiary/aromatic N) is 2. The maximum Gasteiger partial charge on any atom is 0.264 e. The number of hydrogen-bond donors (Lipinski definition) is 1. The van der Waals surface area contributed by atoms with Crippen LogP contribution in [0, 0.1) is 12.8 Å². The van der Waals surface area contributed by atoms with Crippen LogP contribution in [0.3, 0.4) is 0 Å². The fourth-order valence-electron chi connectivity index (χ4n) is 4.94. The van der Waals surface area contributed by atoms with Gasteiger partial charge in [0.1, 0.15) is 12.6 Å². The van der Waals surface area contributed by atoms with Crippen molar-refractivity contribution in [2.24, 2.45) is 5.92 Å². The molecule has 0 aromatic heterocycles. The summed E-state index contributed by atoms with van der Waals surface area (Å²) in [5.74, 6) is -0.799. The van der Waals surface area contributed by atoms with Crippen molar-refractivity contribution in [3.63, 3.8) is 0 Å². The first-order chi connectivity index (χ1) is 21.9. The molecule has 0 saturated carbocycles. The van der Waals surface area contributed by atoms with Crippen molar-refractivity contribution in [1.29, 1.82) is 0 Å². The van der Waals surface area contributed by atoms with Crippen LogP contribution in [-0.2, 0) is 32.6 Å². The molecule has 7 nitrogen and oxygen atoms in total. The molecule has 0 saturated heterocycles. The van der Waals surface area contributed by atoms with Gasteiger partial charge in [0.15, 0.2) is 0 Å². The molecule has 2 amide bonds. The summed E-state index contributed by atoms with van der Waals surface area (Å²) in [4.78, 5) is 29.9. The number of carbonyl (C=O) groups excluding carboxylic acids is 2. The summed E-state index contributed by atoms with van der Waals surface area (Å²) in [5.41, 5.74) is 2.22. The maximum absolute atomic E-state index is 14.6. The van der Waals surface area contributed by atoms with Crippen LogP contribution in [0.4, 0.5) is 5.69 Å². The molecule has 11 heteroatoms. The van der Waals surface area contributed by atoms with E-state index in [4.69, 9.17) is 34.8 Å². The number of anilines is 1. The molecule has 4 rings (SSSR count). The number of carbonyl (C=O) groups is 2. The van der Waals surface area contributed by atoms with Crippen molar-refractivity contribution < 1.29 is 18.0 Å². The van der Waals surface area contributed by atoms with E-state index >= 15 is 0 Å². The summed E-state index contributed by atoms with van der Waals surface area (Å²) in [6.07, 6.45) is 0.188. The third-order valence-corrected chi connectivity index (χ3v) is 9.95. The van der Waals surface area contributed by atoms with Crippen LogP contribution in [0.2, 0.25) is 15.1 Å². The Hall–Kier alpha value is -3.56. The average molecular weight is 701 g/mol. The van der Waals surface area contributed by atoms with Crippen LogP contribution in [0.15, 0.2) is 102 Å². The second kappa shape index (κ2) is 15.8. The first-order valence-electron chi connectivity index (χ1n) is 14.8. The fourth-order valence-corrected chi connectivity index (χ4v) is 7.14. The summed E-state index contributed by atoms with van der Waals surface area (Å²) >= 11 is 19.0. The summed E-state index contributed by atoms with van der Waals surface area (Å²) in [5, 5.41) is 4.13. The lowest BCUT2D eigenvalue weighted by Crippen LogP contribution is -2.53. The number of amides is 2. The lowest BCUT2D eigenvalue weighted by molar-refractivity contribution is -0.140. The molecule has 0 aliphatic rings. The minimum absolute atomic E-state index is 0.0138. The molecular formula is C35H36Cl3N3O4S. The lowest BCUT2D eigenvalue weighted by Gasteiger charge is -2.34. The molecule has 1 atom stereocenters. The Morgan fingerprint density at radius 3 is 2.04 bits per heavy atom. The first-order valence-corrected chi connectivity index (χ1v) is 17.3. The zero-order valence-electron chi connectivity index (χ0n) is 25.8. The van der Waals surface area contributed by atoms with Crippen molar-refractivity contribution in [2.75, 3.05) is 17.4 Å². The van der Waals surface area contributed by atoms with Gasteiger partial charge < -0.3 is 10.2 Å². The van der Waals surface area contributed by atoms with E-state index in [1.54, 1.807) is 61.5 Å². The molecule has 0 spiro atoms. The molecule has 1 N–H and O–H groups in total. The van der Waals surface area contributed by atoms with Gasteiger partial charge in [-0.1, -0.05) is 103 Å². The first kappa shape index (κ1) is 35.3. The highest BCUT2D eigenvalue weighted by Gasteiger charge is 2.35. The maximum atomic E-state index is 14.6. The Balaban J connectivity index is 1.84. The minimum atomic E-state index is -4.23. The Labute approximate surface area is 286 Å². The van der Waals surface area contributed by atoms with Crippen molar-refractivity contribution in [3.8, 4) is 0 Å². The van der Waals surface area contributed by atoms with Crippen molar-refractivity contribution in [2.45, 2.75) is 44.7 Å². The van der Waals surface area contributed by atoms with E-state index in [-0.39, 0.29) is 35.4 Å². The second-order valence-corrected chi connectivity index (χ2v) is 14.5. The van der Waals surface area contributed by atoms with Gasteiger partial charge in [-0.25, -0.2) is 8.42 Å². The predicted octanol–water partition coefficient (Wildman–Crippen LogP) is 7.56. The summed E-state index contributed by atoms with van der Waals surface area (Å²) in [7, 11) is -4.23. The topological polar surface area (TPSA) is 86.8 Å². The van der Waals surface area contributed by atoms with Gasteiger partial charge in [0.25, 0.3) is 10.0 Å². The summed E-state index contributed by atoms with van der Waals surface area (Å²) in [6.45, 7) is 5.41. The van der Waals surface area contributed by atoms with E-state index in [0.717, 1.165) is 9.87 Å². The summed E-state index contributed by atoms with van der Waals surface area (Å²) in [6, 6.07) is 25.9. The zero-order chi connectivity index (χ0) is 33.4. The summed E-state index contributed by atoms with van der Waals surface area (Å²) < 4.78 is 29.4.